The van der Waals surface area contributed by atoms with Crippen LogP contribution in [-0.2, 0) is 5.88 Å². The average molecular weight is 153 g/mol. The Morgan fingerprint density at radius 1 is 1.90 bits per heavy atom. The number of imidazole rings is 1. The van der Waals surface area contributed by atoms with Gasteiger partial charge in [-0.1, -0.05) is 0 Å². The quantitative estimate of drug-likeness (QED) is 0.638. The summed E-state index contributed by atoms with van der Waals surface area (Å²) in [6.07, 6.45) is 5.42. The summed E-state index contributed by atoms with van der Waals surface area (Å²) in [6, 6.07) is 2.00. The number of thioether (sulfide) groups is 1. The van der Waals surface area contributed by atoms with Crippen LogP contribution in [0, 0.1) is 11.3 Å². The molecule has 0 bridgehead atoms. The molecule has 0 saturated carbocycles. The maximum atomic E-state index is 8.49. The molecule has 4 heteroatoms. The summed E-state index contributed by atoms with van der Waals surface area (Å²) >= 11 is 1.66. The van der Waals surface area contributed by atoms with Gasteiger partial charge in [0.25, 0.3) is 0 Å². The van der Waals surface area contributed by atoms with Crippen LogP contribution in [0.4, 0.5) is 0 Å². The van der Waals surface area contributed by atoms with Crippen molar-refractivity contribution in [2.45, 2.75) is 5.88 Å². The van der Waals surface area contributed by atoms with Gasteiger partial charge in [-0.15, -0.1) is 11.8 Å². The molecule has 0 amide bonds. The Hall–Kier alpha value is -0.950. The van der Waals surface area contributed by atoms with Crippen molar-refractivity contribution in [3.05, 3.63) is 18.2 Å². The van der Waals surface area contributed by atoms with E-state index >= 15 is 0 Å². The topological polar surface area (TPSA) is 41.6 Å². The molecule has 0 aromatic carbocycles. The normalized spacial score (nSPS) is 9.20. The van der Waals surface area contributed by atoms with Crippen molar-refractivity contribution < 1.29 is 0 Å². The first-order valence-corrected chi connectivity index (χ1v) is 4.18. The Balaban J connectivity index is 2.82. The van der Waals surface area contributed by atoms with Crippen LogP contribution in [-0.4, -0.2) is 15.8 Å². The van der Waals surface area contributed by atoms with Crippen molar-refractivity contribution in [3.8, 4) is 6.07 Å². The van der Waals surface area contributed by atoms with Crippen LogP contribution in [0.2, 0.25) is 0 Å². The molecule has 1 aromatic rings. The van der Waals surface area contributed by atoms with Crippen molar-refractivity contribution in [1.82, 2.24) is 9.55 Å². The molecule has 0 unspecified atom stereocenters. The fraction of sp³-hybridized carbons (Fsp3) is 0.333. The van der Waals surface area contributed by atoms with Gasteiger partial charge in [-0.3, -0.25) is 0 Å². The number of aromatic nitrogens is 2. The molecule has 0 radical (unpaired) electrons. The number of hydrogen-bond acceptors (Lipinski definition) is 3. The third kappa shape index (κ3) is 1.31. The highest BCUT2D eigenvalue weighted by atomic mass is 32.2. The van der Waals surface area contributed by atoms with E-state index in [2.05, 4.69) is 4.98 Å². The fourth-order valence-electron chi connectivity index (χ4n) is 0.666. The highest BCUT2D eigenvalue weighted by Gasteiger charge is 1.97. The second-order valence-electron chi connectivity index (χ2n) is 1.75. The smallest absolute Gasteiger partial charge is 0.213 e. The van der Waals surface area contributed by atoms with E-state index in [0.717, 1.165) is 5.88 Å². The van der Waals surface area contributed by atoms with Crippen LogP contribution in [0.1, 0.15) is 5.82 Å². The van der Waals surface area contributed by atoms with Gasteiger partial charge in [-0.05, 0) is 6.26 Å². The lowest BCUT2D eigenvalue weighted by atomic mass is 10.7. The predicted octanol–water partition coefficient (Wildman–Crippen LogP) is 1.08. The van der Waals surface area contributed by atoms with E-state index in [-0.39, 0.29) is 0 Å². The van der Waals surface area contributed by atoms with Gasteiger partial charge in [0, 0.05) is 12.4 Å². The maximum Gasteiger partial charge on any atom is 0.213 e. The largest absolute Gasteiger partial charge is 0.313 e. The Labute approximate surface area is 63.7 Å². The molecule has 1 heterocycles. The second kappa shape index (κ2) is 3.28. The van der Waals surface area contributed by atoms with E-state index in [0.29, 0.717) is 5.82 Å². The summed E-state index contributed by atoms with van der Waals surface area (Å²) in [4.78, 5) is 3.84. The van der Waals surface area contributed by atoms with Gasteiger partial charge in [-0.25, -0.2) is 4.98 Å². The van der Waals surface area contributed by atoms with E-state index in [1.807, 2.05) is 16.9 Å². The zero-order valence-corrected chi connectivity index (χ0v) is 6.43. The van der Waals surface area contributed by atoms with Crippen LogP contribution < -0.4 is 0 Å². The van der Waals surface area contributed by atoms with E-state index in [1.165, 1.54) is 0 Å². The molecule has 0 N–H and O–H groups in total. The first-order chi connectivity index (χ1) is 4.88. The molecule has 0 aliphatic carbocycles. The van der Waals surface area contributed by atoms with E-state index in [9.17, 15) is 0 Å². The van der Waals surface area contributed by atoms with E-state index < -0.39 is 0 Å². The first-order valence-electron chi connectivity index (χ1n) is 2.78. The standard InChI is InChI=1S/C6H7N3S/c1-10-5-9-3-2-8-6(9)4-7/h2-3H,5H2,1H3. The molecule has 0 aliphatic rings. The predicted molar refractivity (Wildman–Crippen MR) is 40.5 cm³/mol. The van der Waals surface area contributed by atoms with Crippen LogP contribution in [0.3, 0.4) is 0 Å². The minimum Gasteiger partial charge on any atom is -0.313 e. The molecular weight excluding hydrogens is 146 g/mol. The summed E-state index contributed by atoms with van der Waals surface area (Å²) in [7, 11) is 0. The molecule has 1 aromatic heterocycles. The Kier molecular flexibility index (Phi) is 2.35. The van der Waals surface area contributed by atoms with Crippen LogP contribution in [0.15, 0.2) is 12.4 Å². The monoisotopic (exact) mass is 153 g/mol. The Bertz CT molecular complexity index is 248. The van der Waals surface area contributed by atoms with E-state index in [1.54, 1.807) is 24.2 Å². The first kappa shape index (κ1) is 7.16. The van der Waals surface area contributed by atoms with Crippen molar-refractivity contribution in [3.63, 3.8) is 0 Å². The molecule has 0 aliphatic heterocycles. The van der Waals surface area contributed by atoms with Gasteiger partial charge >= 0.3 is 0 Å². The van der Waals surface area contributed by atoms with Crippen LogP contribution >= 0.6 is 11.8 Å². The van der Waals surface area contributed by atoms with Crippen LogP contribution in [0.25, 0.3) is 0 Å². The average Bonchev–Trinajstić information content (AvgIpc) is 2.36. The lowest BCUT2D eigenvalue weighted by Gasteiger charge is -1.96. The maximum absolute atomic E-state index is 8.49. The number of hydrogen-bond donors (Lipinski definition) is 0. The zero-order valence-electron chi connectivity index (χ0n) is 5.61. The highest BCUT2D eigenvalue weighted by molar-refractivity contribution is 7.97. The van der Waals surface area contributed by atoms with Gasteiger partial charge in [0.2, 0.25) is 5.82 Å². The van der Waals surface area contributed by atoms with Crippen molar-refractivity contribution >= 4 is 11.8 Å². The summed E-state index contributed by atoms with van der Waals surface area (Å²) < 4.78 is 1.81. The third-order valence-electron chi connectivity index (χ3n) is 1.08. The summed E-state index contributed by atoms with van der Waals surface area (Å²) in [6.45, 7) is 0. The van der Waals surface area contributed by atoms with Crippen molar-refractivity contribution in [2.24, 2.45) is 0 Å². The molecule has 0 spiro atoms. The SMILES string of the molecule is CSCn1ccnc1C#N. The minimum absolute atomic E-state index is 0.481. The van der Waals surface area contributed by atoms with Crippen molar-refractivity contribution in [1.29, 1.82) is 5.26 Å². The minimum atomic E-state index is 0.481. The highest BCUT2D eigenvalue weighted by Crippen LogP contribution is 2.02. The lowest BCUT2D eigenvalue weighted by Crippen LogP contribution is -1.95. The molecule has 10 heavy (non-hydrogen) atoms. The molecule has 0 atom stereocenters. The van der Waals surface area contributed by atoms with E-state index in [4.69, 9.17) is 5.26 Å². The summed E-state index contributed by atoms with van der Waals surface area (Å²) in [5.74, 6) is 1.28. The Morgan fingerprint density at radius 2 is 2.70 bits per heavy atom. The molecular formula is C6H7N3S. The Morgan fingerprint density at radius 3 is 3.30 bits per heavy atom. The molecule has 0 saturated heterocycles. The lowest BCUT2D eigenvalue weighted by molar-refractivity contribution is 0.869. The second-order valence-corrected chi connectivity index (χ2v) is 2.59. The van der Waals surface area contributed by atoms with Gasteiger partial charge in [-0.2, -0.15) is 5.26 Å². The van der Waals surface area contributed by atoms with Crippen LogP contribution in [0.5, 0.6) is 0 Å². The summed E-state index contributed by atoms with van der Waals surface area (Å²) in [5.41, 5.74) is 0. The number of nitrogens with zero attached hydrogens (tertiary/aromatic N) is 3. The van der Waals surface area contributed by atoms with Gasteiger partial charge in [0.1, 0.15) is 6.07 Å². The molecule has 1 rings (SSSR count). The molecule has 0 fully saturated rings. The van der Waals surface area contributed by atoms with Gasteiger partial charge < -0.3 is 4.57 Å². The molecule has 52 valence electrons. The third-order valence-corrected chi connectivity index (χ3v) is 1.62. The number of nitriles is 1. The zero-order chi connectivity index (χ0) is 7.40. The van der Waals surface area contributed by atoms with Gasteiger partial charge in [0.05, 0.1) is 5.88 Å². The van der Waals surface area contributed by atoms with Crippen molar-refractivity contribution in [2.75, 3.05) is 6.26 Å². The fourth-order valence-corrected chi connectivity index (χ4v) is 1.15. The van der Waals surface area contributed by atoms with Gasteiger partial charge in [0.15, 0.2) is 0 Å². The number of rotatable bonds is 2. The summed E-state index contributed by atoms with van der Waals surface area (Å²) in [5, 5.41) is 8.49. The molecule has 3 nitrogen and oxygen atoms in total.